The zero-order chi connectivity index (χ0) is 81.1. The third-order valence-corrected chi connectivity index (χ3v) is 20.6. The molecule has 34 nitrogen and oxygen atoms in total. The number of aliphatic hydroxyl groups is 4. The molecule has 115 heavy (non-hydrogen) atoms. The van der Waals surface area contributed by atoms with Crippen LogP contribution in [0.25, 0.3) is 21.9 Å². The molecule has 6 amide bonds. The molecule has 7 aliphatic rings. The summed E-state index contributed by atoms with van der Waals surface area (Å²) in [7, 11) is 0. The molecule has 1 unspecified atom stereocenters. The summed E-state index contributed by atoms with van der Waals surface area (Å²) in [4.78, 5) is 106. The maximum absolute atomic E-state index is 16.2. The highest BCUT2D eigenvalue weighted by molar-refractivity contribution is 6.32. The minimum absolute atomic E-state index is 0.110. The molecule has 1 saturated heterocycles. The summed E-state index contributed by atoms with van der Waals surface area (Å²) in [6, 6.07) is 18.8. The van der Waals surface area contributed by atoms with E-state index in [-0.39, 0.29) is 73.7 Å². The summed E-state index contributed by atoms with van der Waals surface area (Å²) in [5.74, 6) is -14.9. The van der Waals surface area contributed by atoms with Gasteiger partial charge >= 0.3 is 5.97 Å². The van der Waals surface area contributed by atoms with Crippen LogP contribution >= 0.6 is 23.2 Å². The predicted molar refractivity (Wildman–Crippen MR) is 400 cm³/mol. The maximum Gasteiger partial charge on any atom is 0.330 e. The Balaban J connectivity index is 0.895. The molecule has 7 aliphatic heterocycles. The van der Waals surface area contributed by atoms with E-state index in [1.807, 2.05) is 36.4 Å². The second kappa shape index (κ2) is 31.5. The zero-order valence-corrected chi connectivity index (χ0v) is 61.1. The van der Waals surface area contributed by atoms with E-state index >= 15 is 24.0 Å². The first-order valence-electron chi connectivity index (χ1n) is 35.4. The Kier molecular flexibility index (Phi) is 21.2. The van der Waals surface area contributed by atoms with E-state index in [1.165, 1.54) is 59.4 Å². The average molecular weight is 1610 g/mol. The summed E-state index contributed by atoms with van der Waals surface area (Å²) in [6.45, 7) is -0.116. The Morgan fingerprint density at radius 3 is 2.03 bits per heavy atom. The number of amides is 6. The Morgan fingerprint density at radius 1 is 0.609 bits per heavy atom. The molecular formula is C79H68Cl2N10O24. The molecule has 8 heterocycles. The highest BCUT2D eigenvalue weighted by Gasteiger charge is 2.49. The molecule has 36 heteroatoms. The van der Waals surface area contributed by atoms with Crippen LogP contribution in [-0.2, 0) is 56.1 Å². The number of carboxylic acid groups (broad SMARTS) is 1. The lowest BCUT2D eigenvalue weighted by molar-refractivity contribution is -0.284. The number of carbonyl (C=O) groups is 7. The normalized spacial score (nSPS) is 24.0. The maximum atomic E-state index is 16.2. The first kappa shape index (κ1) is 77.3. The Labute approximate surface area is 658 Å². The van der Waals surface area contributed by atoms with Crippen molar-refractivity contribution in [3.63, 3.8) is 0 Å². The van der Waals surface area contributed by atoms with Crippen molar-refractivity contribution in [2.75, 3.05) is 6.61 Å². The number of hydrogen-bond acceptors (Lipinski definition) is 26. The highest BCUT2D eigenvalue weighted by Crippen LogP contribution is 2.49. The van der Waals surface area contributed by atoms with E-state index in [1.54, 1.807) is 6.07 Å². The topological polar surface area (TPSA) is 512 Å². The molecule has 9 aromatic carbocycles. The third kappa shape index (κ3) is 15.6. The van der Waals surface area contributed by atoms with Crippen molar-refractivity contribution in [1.29, 1.82) is 0 Å². The Morgan fingerprint density at radius 2 is 1.30 bits per heavy atom. The number of phenolic OH excluding ortho intramolecular Hbond substituents is 6. The number of nitrogens with one attached hydrogen (secondary N) is 7. The first-order chi connectivity index (χ1) is 55.1. The van der Waals surface area contributed by atoms with Gasteiger partial charge in [0.25, 0.3) is 0 Å². The molecule has 17 bridgehead atoms. The van der Waals surface area contributed by atoms with Gasteiger partial charge in [0.05, 0.1) is 28.9 Å². The number of phenols is 6. The van der Waals surface area contributed by atoms with Crippen LogP contribution in [0.4, 0.5) is 0 Å². The SMILES string of the molecule is CC(=O)N[C@H]1[C@H](O[C@@H]2c3ccc(c(Cl)c3)Oc3cc4cc(c3O)Oc3ccc(cc3Cl)C[C@H]3NC(=O)[C@H](n5cc(COc6cccc7ccccc67)nn5)c5ccc(O)c(c5)Oc5cc(O)cc(c5)[C@H](NC3=O)C(=O)N[C@H]4C(O)N[C@H]3C(=O)N[C@H]2C(=O)N[C@@H](C(=O)O)c2cc(O)cc(O)c2-c2cc3ccc2O)O[C@H](CO)[C@@H](O)[C@@H]1O. The summed E-state index contributed by atoms with van der Waals surface area (Å²) in [5.41, 5.74) is -2.18. The lowest BCUT2D eigenvalue weighted by atomic mass is 9.89. The van der Waals surface area contributed by atoms with E-state index in [0.29, 0.717) is 5.75 Å². The van der Waals surface area contributed by atoms with Gasteiger partial charge in [-0.2, -0.15) is 0 Å². The van der Waals surface area contributed by atoms with Crippen LogP contribution in [0, 0.1) is 0 Å². The summed E-state index contributed by atoms with van der Waals surface area (Å²) < 4.78 is 39.1. The van der Waals surface area contributed by atoms with Gasteiger partial charge in [-0.15, -0.1) is 5.10 Å². The summed E-state index contributed by atoms with van der Waals surface area (Å²) in [6.07, 6.45) is -11.3. The van der Waals surface area contributed by atoms with Crippen molar-refractivity contribution in [2.45, 2.75) is 105 Å². The number of hydrogen-bond donors (Lipinski definition) is 18. The second-order valence-electron chi connectivity index (χ2n) is 27.7. The fourth-order valence-electron chi connectivity index (χ4n) is 14.4. The number of aromatic hydroxyl groups is 6. The smallest absolute Gasteiger partial charge is 0.330 e. The number of aliphatic carboxylic acids is 1. The minimum Gasteiger partial charge on any atom is -0.508 e. The van der Waals surface area contributed by atoms with Crippen LogP contribution in [0.1, 0.15) is 87.9 Å². The quantitative estimate of drug-likeness (QED) is 0.0829. The number of carbonyl (C=O) groups excluding carboxylic acids is 6. The molecular weight excluding hydrogens is 1540 g/mol. The molecule has 0 spiro atoms. The number of benzene rings is 9. The molecule has 1 fully saturated rings. The van der Waals surface area contributed by atoms with Gasteiger partial charge in [0, 0.05) is 47.6 Å². The lowest BCUT2D eigenvalue weighted by Crippen LogP contribution is -2.65. The number of carboxylic acids is 1. The standard InChI is InChI=1S/C79H68Cl2N10O24/c1-32(93)82-65-70(101)69(100)59(30-92)114-79(65)115-71-37-12-16-55(48(81)22-37)113-58-25-39-24-57(68(58)99)112-54-15-9-33(17-47(54)80)18-49-72(102)84-62(74(104)86-63(39)75(105)85-61-35-10-13-50(96)45(21-35)60-46(27-42(95)28-52(60)98)64(78(108)109)87-76(106)66(71)88-73(61)103)38-19-41(94)26-43(20-38)111-56-23-36(11-14-51(56)97)67(77(107)83-49)91-29-40(89-90-91)31-110-53-8-4-6-34-5-2-3-7-44(34)53/h2-17,19-29,49,59,61-67,69-71,75,79,85,92,94-101,105H,18,30-31H2,1H3,(H,82,93)(H,83,107)(H,84,102)(H,86,104)(H,87,106)(H,88,103)(H,108,109)/t49-,59-,61-,62+,63-,64-,65-,66-,67-,69-,70-,71-,75?,79+/m1/s1. The van der Waals surface area contributed by atoms with Crippen molar-refractivity contribution in [1.82, 2.24) is 52.2 Å². The van der Waals surface area contributed by atoms with Crippen molar-refractivity contribution < 1.29 is 118 Å². The number of rotatable bonds is 9. The first-order valence-corrected chi connectivity index (χ1v) is 36.2. The van der Waals surface area contributed by atoms with Crippen LogP contribution in [0.15, 0.2) is 164 Å². The van der Waals surface area contributed by atoms with Crippen LogP contribution in [-0.4, -0.2) is 168 Å². The number of aliphatic hydroxyl groups excluding tert-OH is 4. The fraction of sp³-hybridized carbons (Fsp3) is 0.228. The molecule has 1 aromatic heterocycles. The van der Waals surface area contributed by atoms with Gasteiger partial charge in [0.2, 0.25) is 41.2 Å². The molecule has 18 N–H and O–H groups in total. The molecule has 0 saturated carbocycles. The van der Waals surface area contributed by atoms with Crippen LogP contribution in [0.3, 0.4) is 0 Å². The van der Waals surface area contributed by atoms with E-state index in [2.05, 4.69) is 47.5 Å². The number of aromatic nitrogens is 3. The monoisotopic (exact) mass is 1610 g/mol. The minimum atomic E-state index is -2.48. The van der Waals surface area contributed by atoms with Crippen LogP contribution < -0.4 is 56.2 Å². The van der Waals surface area contributed by atoms with Gasteiger partial charge in [-0.1, -0.05) is 89.1 Å². The third-order valence-electron chi connectivity index (χ3n) is 20.0. The molecule has 14 atom stereocenters. The molecule has 17 rings (SSSR count). The summed E-state index contributed by atoms with van der Waals surface area (Å²) >= 11 is 14.3. The number of nitrogens with zero attached hydrogens (tertiary/aromatic N) is 3. The van der Waals surface area contributed by atoms with Crippen molar-refractivity contribution >= 4 is 75.4 Å². The van der Waals surface area contributed by atoms with E-state index in [4.69, 9.17) is 51.6 Å². The average Bonchev–Trinajstić information content (AvgIpc) is 1.50. The molecule has 592 valence electrons. The predicted octanol–water partition coefficient (Wildman–Crippen LogP) is 5.66. The molecule has 10 aromatic rings. The number of fused-ring (bicyclic) bond motifs is 15. The highest BCUT2D eigenvalue weighted by atomic mass is 35.5. The van der Waals surface area contributed by atoms with Crippen molar-refractivity contribution in [3.05, 3.63) is 219 Å². The van der Waals surface area contributed by atoms with Gasteiger partial charge in [0.15, 0.2) is 41.4 Å². The van der Waals surface area contributed by atoms with E-state index < -0.39 is 207 Å². The number of ether oxygens (including phenoxy) is 6. The van der Waals surface area contributed by atoms with Gasteiger partial charge in [-0.05, 0) is 124 Å². The van der Waals surface area contributed by atoms with Crippen molar-refractivity contribution in [3.8, 4) is 85.9 Å². The van der Waals surface area contributed by atoms with Crippen LogP contribution in [0.2, 0.25) is 10.0 Å². The zero-order valence-electron chi connectivity index (χ0n) is 59.6. The van der Waals surface area contributed by atoms with E-state index in [0.717, 1.165) is 84.4 Å². The number of halogens is 2. The van der Waals surface area contributed by atoms with Gasteiger partial charge in [-0.25, -0.2) is 9.48 Å². The van der Waals surface area contributed by atoms with Gasteiger partial charge < -0.3 is 116 Å². The second-order valence-corrected chi connectivity index (χ2v) is 28.5. The van der Waals surface area contributed by atoms with Crippen LogP contribution in [0.5, 0.6) is 74.7 Å². The molecule has 0 aliphatic carbocycles. The lowest BCUT2D eigenvalue weighted by Gasteiger charge is -2.44. The Bertz CT molecular complexity index is 5590. The Hall–Kier alpha value is -13.0. The van der Waals surface area contributed by atoms with E-state index in [9.17, 15) is 65.8 Å². The van der Waals surface area contributed by atoms with Crippen molar-refractivity contribution in [2.24, 2.45) is 0 Å². The fourth-order valence-corrected chi connectivity index (χ4v) is 14.9. The summed E-state index contributed by atoms with van der Waals surface area (Å²) in [5, 5.41) is 156. The van der Waals surface area contributed by atoms with Gasteiger partial charge in [-0.3, -0.25) is 34.1 Å². The van der Waals surface area contributed by atoms with Gasteiger partial charge in [0.1, 0.15) is 119 Å². The largest absolute Gasteiger partial charge is 0.508 e. The molecule has 0 radical (unpaired) electrons.